The molecule has 1 nitrogen and oxygen atoms in total. The zero-order valence-corrected chi connectivity index (χ0v) is 13.5. The molecule has 0 unspecified atom stereocenters. The molecular weight excluding hydrogens is 412 g/mol. The Morgan fingerprint density at radius 3 is 2.12 bits per heavy atom. The molecule has 0 aliphatic heterocycles. The largest absolute Gasteiger partial charge is 0.457 e. The SMILES string of the molecule is BrCc1ccc(Oc2ccc(Br)cc2)cc1Br. The average molecular weight is 421 g/mol. The fraction of sp³-hybridized carbons (Fsp3) is 0.0769. The smallest absolute Gasteiger partial charge is 0.128 e. The molecule has 0 aromatic heterocycles. The minimum absolute atomic E-state index is 0.823. The Bertz CT molecular complexity index is 509. The van der Waals surface area contributed by atoms with Crippen LogP contribution in [-0.4, -0.2) is 0 Å². The number of alkyl halides is 1. The van der Waals surface area contributed by atoms with Crippen LogP contribution < -0.4 is 4.74 Å². The first-order chi connectivity index (χ1) is 8.19. The van der Waals surface area contributed by atoms with E-state index < -0.39 is 0 Å². The Morgan fingerprint density at radius 2 is 1.53 bits per heavy atom. The molecule has 0 bridgehead atoms. The van der Waals surface area contributed by atoms with Crippen molar-refractivity contribution in [2.24, 2.45) is 0 Å². The maximum absolute atomic E-state index is 5.75. The zero-order chi connectivity index (χ0) is 12.3. The van der Waals surface area contributed by atoms with Crippen LogP contribution in [0.1, 0.15) is 5.56 Å². The van der Waals surface area contributed by atoms with Crippen LogP contribution in [0.25, 0.3) is 0 Å². The van der Waals surface area contributed by atoms with Gasteiger partial charge in [0.1, 0.15) is 11.5 Å². The van der Waals surface area contributed by atoms with E-state index in [-0.39, 0.29) is 0 Å². The molecule has 0 N–H and O–H groups in total. The van der Waals surface area contributed by atoms with Crippen LogP contribution >= 0.6 is 47.8 Å². The predicted octanol–water partition coefficient (Wildman–Crippen LogP) is 5.90. The van der Waals surface area contributed by atoms with Crippen LogP contribution in [0.4, 0.5) is 0 Å². The topological polar surface area (TPSA) is 9.23 Å². The summed E-state index contributed by atoms with van der Waals surface area (Å²) >= 11 is 10.3. The summed E-state index contributed by atoms with van der Waals surface area (Å²) in [5.41, 5.74) is 1.20. The summed E-state index contributed by atoms with van der Waals surface area (Å²) in [6, 6.07) is 13.7. The third kappa shape index (κ3) is 3.57. The van der Waals surface area contributed by atoms with E-state index in [1.54, 1.807) is 0 Å². The van der Waals surface area contributed by atoms with Crippen molar-refractivity contribution < 1.29 is 4.74 Å². The molecule has 0 aliphatic carbocycles. The highest BCUT2D eigenvalue weighted by molar-refractivity contribution is 9.11. The number of halogens is 3. The molecule has 0 atom stereocenters. The van der Waals surface area contributed by atoms with Gasteiger partial charge in [-0.25, -0.2) is 0 Å². The van der Waals surface area contributed by atoms with E-state index in [0.717, 1.165) is 25.8 Å². The summed E-state index contributed by atoms with van der Waals surface area (Å²) in [6.07, 6.45) is 0. The summed E-state index contributed by atoms with van der Waals surface area (Å²) in [7, 11) is 0. The molecular formula is C13H9Br3O. The van der Waals surface area contributed by atoms with Crippen LogP contribution in [0.2, 0.25) is 0 Å². The highest BCUT2D eigenvalue weighted by Crippen LogP contribution is 2.28. The Labute approximate surface area is 126 Å². The van der Waals surface area contributed by atoms with Crippen LogP contribution in [0.15, 0.2) is 51.4 Å². The van der Waals surface area contributed by atoms with Crippen molar-refractivity contribution in [2.45, 2.75) is 5.33 Å². The van der Waals surface area contributed by atoms with Crippen molar-refractivity contribution in [1.82, 2.24) is 0 Å². The van der Waals surface area contributed by atoms with Gasteiger partial charge in [-0.05, 0) is 42.0 Å². The molecule has 0 amide bonds. The fourth-order valence-electron chi connectivity index (χ4n) is 1.34. The molecule has 17 heavy (non-hydrogen) atoms. The molecule has 2 aromatic carbocycles. The van der Waals surface area contributed by atoms with Gasteiger partial charge in [-0.1, -0.05) is 53.9 Å². The number of ether oxygens (including phenoxy) is 1. The summed E-state index contributed by atoms with van der Waals surface area (Å²) in [4.78, 5) is 0. The first-order valence-corrected chi connectivity index (χ1v) is 7.67. The van der Waals surface area contributed by atoms with Gasteiger partial charge in [0.2, 0.25) is 0 Å². The second-order valence-electron chi connectivity index (χ2n) is 3.44. The van der Waals surface area contributed by atoms with Gasteiger partial charge < -0.3 is 4.74 Å². The Morgan fingerprint density at radius 1 is 0.882 bits per heavy atom. The van der Waals surface area contributed by atoms with Crippen LogP contribution in [0, 0.1) is 0 Å². The number of hydrogen-bond donors (Lipinski definition) is 0. The maximum atomic E-state index is 5.75. The molecule has 2 aromatic rings. The molecule has 0 saturated heterocycles. The average Bonchev–Trinajstić information content (AvgIpc) is 2.32. The summed E-state index contributed by atoms with van der Waals surface area (Å²) in [5, 5.41) is 0.826. The summed E-state index contributed by atoms with van der Waals surface area (Å²) in [5.74, 6) is 1.65. The Kier molecular flexibility index (Phi) is 4.65. The van der Waals surface area contributed by atoms with Crippen LogP contribution in [-0.2, 0) is 5.33 Å². The van der Waals surface area contributed by atoms with E-state index in [9.17, 15) is 0 Å². The third-order valence-electron chi connectivity index (χ3n) is 2.22. The predicted molar refractivity (Wildman–Crippen MR) is 81.0 cm³/mol. The molecule has 0 heterocycles. The van der Waals surface area contributed by atoms with E-state index in [4.69, 9.17) is 4.74 Å². The van der Waals surface area contributed by atoms with Crippen molar-refractivity contribution in [3.8, 4) is 11.5 Å². The molecule has 4 heteroatoms. The zero-order valence-electron chi connectivity index (χ0n) is 8.79. The van der Waals surface area contributed by atoms with Gasteiger partial charge in [0.05, 0.1) is 0 Å². The quantitative estimate of drug-likeness (QED) is 0.562. The minimum atomic E-state index is 0.823. The van der Waals surface area contributed by atoms with Crippen LogP contribution in [0.3, 0.4) is 0 Å². The van der Waals surface area contributed by atoms with Crippen molar-refractivity contribution in [3.63, 3.8) is 0 Å². The van der Waals surface area contributed by atoms with E-state index in [0.29, 0.717) is 0 Å². The summed E-state index contributed by atoms with van der Waals surface area (Å²) in [6.45, 7) is 0. The lowest BCUT2D eigenvalue weighted by atomic mass is 10.2. The molecule has 0 radical (unpaired) electrons. The van der Waals surface area contributed by atoms with Gasteiger partial charge in [0, 0.05) is 14.3 Å². The monoisotopic (exact) mass is 418 g/mol. The van der Waals surface area contributed by atoms with Gasteiger partial charge in [-0.2, -0.15) is 0 Å². The Balaban J connectivity index is 2.19. The highest BCUT2D eigenvalue weighted by Gasteiger charge is 2.02. The molecule has 88 valence electrons. The lowest BCUT2D eigenvalue weighted by Gasteiger charge is -2.07. The number of benzene rings is 2. The second-order valence-corrected chi connectivity index (χ2v) is 5.77. The standard InChI is InChI=1S/C13H9Br3O/c14-8-9-1-4-12(7-13(9)16)17-11-5-2-10(15)3-6-11/h1-7H,8H2. The first-order valence-electron chi connectivity index (χ1n) is 4.97. The van der Waals surface area contributed by atoms with Gasteiger partial charge in [0.15, 0.2) is 0 Å². The van der Waals surface area contributed by atoms with E-state index >= 15 is 0 Å². The van der Waals surface area contributed by atoms with Crippen molar-refractivity contribution >= 4 is 47.8 Å². The lowest BCUT2D eigenvalue weighted by Crippen LogP contribution is -1.86. The first kappa shape index (κ1) is 13.1. The molecule has 0 saturated carbocycles. The van der Waals surface area contributed by atoms with Gasteiger partial charge in [0.25, 0.3) is 0 Å². The van der Waals surface area contributed by atoms with Gasteiger partial charge in [-0.15, -0.1) is 0 Å². The highest BCUT2D eigenvalue weighted by atomic mass is 79.9. The lowest BCUT2D eigenvalue weighted by molar-refractivity contribution is 0.482. The fourth-order valence-corrected chi connectivity index (χ4v) is 2.97. The molecule has 0 fully saturated rings. The second kappa shape index (κ2) is 6.03. The molecule has 0 spiro atoms. The molecule has 0 aliphatic rings. The van der Waals surface area contributed by atoms with E-state index in [1.165, 1.54) is 5.56 Å². The number of hydrogen-bond acceptors (Lipinski definition) is 1. The third-order valence-corrected chi connectivity index (χ3v) is 4.09. The van der Waals surface area contributed by atoms with Crippen molar-refractivity contribution in [1.29, 1.82) is 0 Å². The summed E-state index contributed by atoms with van der Waals surface area (Å²) < 4.78 is 7.84. The van der Waals surface area contributed by atoms with Crippen LogP contribution in [0.5, 0.6) is 11.5 Å². The molecule has 2 rings (SSSR count). The van der Waals surface area contributed by atoms with E-state index in [1.807, 2.05) is 42.5 Å². The minimum Gasteiger partial charge on any atom is -0.457 e. The maximum Gasteiger partial charge on any atom is 0.128 e. The van der Waals surface area contributed by atoms with Crippen molar-refractivity contribution in [2.75, 3.05) is 0 Å². The Hall–Kier alpha value is -0.320. The normalized spacial score (nSPS) is 10.3. The number of rotatable bonds is 3. The van der Waals surface area contributed by atoms with Gasteiger partial charge in [-0.3, -0.25) is 0 Å². The van der Waals surface area contributed by atoms with E-state index in [2.05, 4.69) is 47.8 Å². The van der Waals surface area contributed by atoms with Crippen molar-refractivity contribution in [3.05, 3.63) is 57.0 Å². The van der Waals surface area contributed by atoms with Gasteiger partial charge >= 0.3 is 0 Å².